The van der Waals surface area contributed by atoms with Crippen molar-refractivity contribution in [1.29, 1.82) is 0 Å². The van der Waals surface area contributed by atoms with Gasteiger partial charge in [0, 0.05) is 6.54 Å². The smallest absolute Gasteiger partial charge is 0.345 e. The summed E-state index contributed by atoms with van der Waals surface area (Å²) in [6.07, 6.45) is 7.78. The maximum absolute atomic E-state index is 10.5. The van der Waals surface area contributed by atoms with Crippen LogP contribution < -0.4 is 5.32 Å². The van der Waals surface area contributed by atoms with E-state index < -0.39 is 4.92 Å². The van der Waals surface area contributed by atoms with E-state index in [0.717, 1.165) is 23.8 Å². The molecule has 1 aromatic rings. The van der Waals surface area contributed by atoms with E-state index in [-0.39, 0.29) is 5.00 Å². The van der Waals surface area contributed by atoms with Crippen LogP contribution >= 0.6 is 11.3 Å². The van der Waals surface area contributed by atoms with Gasteiger partial charge in [-0.25, -0.2) is 4.98 Å². The van der Waals surface area contributed by atoms with E-state index in [1.54, 1.807) is 0 Å². The molecule has 6 heteroatoms. The maximum atomic E-state index is 10.5. The van der Waals surface area contributed by atoms with Gasteiger partial charge in [-0.05, 0) is 36.0 Å². The predicted molar refractivity (Wildman–Crippen MR) is 73.0 cm³/mol. The summed E-state index contributed by atoms with van der Waals surface area (Å²) in [4.78, 5) is 14.2. The molecule has 0 spiro atoms. The molecule has 0 bridgehead atoms. The normalized spacial score (nSPS) is 23.8. The number of anilines is 1. The Hall–Kier alpha value is -1.17. The highest BCUT2D eigenvalue weighted by molar-refractivity contribution is 7.18. The monoisotopic (exact) mass is 269 g/mol. The van der Waals surface area contributed by atoms with Crippen molar-refractivity contribution in [3.63, 3.8) is 0 Å². The minimum absolute atomic E-state index is 0.104. The number of hydrogen-bond donors (Lipinski definition) is 1. The summed E-state index contributed by atoms with van der Waals surface area (Å²) >= 11 is 1.11. The van der Waals surface area contributed by atoms with Gasteiger partial charge in [0.2, 0.25) is 0 Å². The molecule has 0 amide bonds. The highest BCUT2D eigenvalue weighted by atomic mass is 32.1. The second-order valence-electron chi connectivity index (χ2n) is 4.94. The molecular weight excluding hydrogens is 250 g/mol. The molecule has 1 fully saturated rings. The second-order valence-corrected chi connectivity index (χ2v) is 5.95. The highest BCUT2D eigenvalue weighted by Crippen LogP contribution is 2.31. The van der Waals surface area contributed by atoms with Crippen LogP contribution in [0.3, 0.4) is 0 Å². The van der Waals surface area contributed by atoms with Gasteiger partial charge in [-0.3, -0.25) is 10.1 Å². The molecule has 100 valence electrons. The molecular formula is C12H19N3O2S. The minimum Gasteiger partial charge on any atom is -0.361 e. The summed E-state index contributed by atoms with van der Waals surface area (Å²) in [6.45, 7) is 3.15. The van der Waals surface area contributed by atoms with Gasteiger partial charge in [0.25, 0.3) is 0 Å². The van der Waals surface area contributed by atoms with Crippen molar-refractivity contribution in [3.8, 4) is 0 Å². The topological polar surface area (TPSA) is 68.1 Å². The van der Waals surface area contributed by atoms with Crippen molar-refractivity contribution in [1.82, 2.24) is 4.98 Å². The van der Waals surface area contributed by atoms with Gasteiger partial charge in [-0.2, -0.15) is 0 Å². The maximum Gasteiger partial charge on any atom is 0.345 e. The first-order valence-corrected chi connectivity index (χ1v) is 7.34. The van der Waals surface area contributed by atoms with Crippen LogP contribution in [0.2, 0.25) is 0 Å². The largest absolute Gasteiger partial charge is 0.361 e. The summed E-state index contributed by atoms with van der Waals surface area (Å²) < 4.78 is 0. The molecule has 0 radical (unpaired) electrons. The lowest BCUT2D eigenvalue weighted by molar-refractivity contribution is -0.380. The third-order valence-electron chi connectivity index (χ3n) is 3.76. The van der Waals surface area contributed by atoms with E-state index in [2.05, 4.69) is 17.2 Å². The lowest BCUT2D eigenvalue weighted by Crippen LogP contribution is -2.20. The van der Waals surface area contributed by atoms with Crippen LogP contribution in [0.15, 0.2) is 6.20 Å². The van der Waals surface area contributed by atoms with Gasteiger partial charge < -0.3 is 5.32 Å². The zero-order valence-electron chi connectivity index (χ0n) is 10.6. The summed E-state index contributed by atoms with van der Waals surface area (Å²) in [6, 6.07) is 0. The van der Waals surface area contributed by atoms with E-state index in [4.69, 9.17) is 0 Å². The summed E-state index contributed by atoms with van der Waals surface area (Å²) in [7, 11) is 0. The molecule has 0 unspecified atom stereocenters. The number of nitrogens with zero attached hydrogens (tertiary/aromatic N) is 2. The molecule has 0 saturated heterocycles. The Morgan fingerprint density at radius 3 is 2.67 bits per heavy atom. The van der Waals surface area contributed by atoms with Crippen LogP contribution in [0, 0.1) is 22.0 Å². The molecule has 0 aliphatic heterocycles. The first-order valence-electron chi connectivity index (χ1n) is 6.53. The Labute approximate surface area is 111 Å². The van der Waals surface area contributed by atoms with Crippen molar-refractivity contribution in [2.24, 2.45) is 11.8 Å². The quantitative estimate of drug-likeness (QED) is 0.654. The van der Waals surface area contributed by atoms with Crippen molar-refractivity contribution >= 4 is 21.5 Å². The average Bonchev–Trinajstić information content (AvgIpc) is 2.86. The Kier molecular flexibility index (Phi) is 4.52. The number of rotatable bonds is 5. The van der Waals surface area contributed by atoms with E-state index in [1.165, 1.54) is 38.3 Å². The molecule has 1 aliphatic carbocycles. The minimum atomic E-state index is -0.394. The van der Waals surface area contributed by atoms with Gasteiger partial charge in [-0.1, -0.05) is 26.2 Å². The first kappa shape index (κ1) is 13.3. The number of thiazole rings is 1. The lowest BCUT2D eigenvalue weighted by Gasteiger charge is -2.27. The van der Waals surface area contributed by atoms with E-state index in [9.17, 15) is 10.1 Å². The SMILES string of the molecule is CCC1CCC(CNc2ncc([N+](=O)[O-])s2)CC1. The number of nitro groups is 1. The first-order chi connectivity index (χ1) is 8.69. The van der Waals surface area contributed by atoms with E-state index in [0.29, 0.717) is 11.0 Å². The molecule has 2 rings (SSSR count). The molecule has 1 saturated carbocycles. The Morgan fingerprint density at radius 2 is 2.11 bits per heavy atom. The highest BCUT2D eigenvalue weighted by Gasteiger charge is 2.20. The fourth-order valence-corrected chi connectivity index (χ4v) is 3.15. The van der Waals surface area contributed by atoms with Gasteiger partial charge >= 0.3 is 5.00 Å². The average molecular weight is 269 g/mol. The van der Waals surface area contributed by atoms with Crippen molar-refractivity contribution in [2.45, 2.75) is 39.0 Å². The fourth-order valence-electron chi connectivity index (χ4n) is 2.51. The molecule has 1 heterocycles. The molecule has 1 aromatic heterocycles. The summed E-state index contributed by atoms with van der Waals surface area (Å²) in [5.74, 6) is 1.60. The molecule has 0 atom stereocenters. The van der Waals surface area contributed by atoms with Crippen molar-refractivity contribution in [2.75, 3.05) is 11.9 Å². The van der Waals surface area contributed by atoms with Crippen LogP contribution in [-0.4, -0.2) is 16.5 Å². The summed E-state index contributed by atoms with van der Waals surface area (Å²) in [5, 5.41) is 14.5. The Morgan fingerprint density at radius 1 is 1.44 bits per heavy atom. The van der Waals surface area contributed by atoms with Crippen LogP contribution in [0.1, 0.15) is 39.0 Å². The van der Waals surface area contributed by atoms with Gasteiger partial charge in [0.15, 0.2) is 5.13 Å². The van der Waals surface area contributed by atoms with Gasteiger partial charge in [0.05, 0.1) is 4.92 Å². The number of nitrogens with one attached hydrogen (secondary N) is 1. The molecule has 0 aromatic carbocycles. The van der Waals surface area contributed by atoms with Crippen molar-refractivity contribution in [3.05, 3.63) is 16.3 Å². The van der Waals surface area contributed by atoms with Crippen LogP contribution in [0.4, 0.5) is 10.1 Å². The van der Waals surface area contributed by atoms with Gasteiger partial charge in [-0.15, -0.1) is 0 Å². The standard InChI is InChI=1S/C12H19N3O2S/c1-2-9-3-5-10(6-4-9)7-13-12-14-8-11(18-12)15(16)17/h8-10H,2-7H2,1H3,(H,13,14). The van der Waals surface area contributed by atoms with Crippen LogP contribution in [-0.2, 0) is 0 Å². The van der Waals surface area contributed by atoms with Crippen LogP contribution in [0.5, 0.6) is 0 Å². The predicted octanol–water partition coefficient (Wildman–Crippen LogP) is 3.68. The molecule has 1 N–H and O–H groups in total. The molecule has 18 heavy (non-hydrogen) atoms. The zero-order chi connectivity index (χ0) is 13.0. The Bertz CT molecular complexity index is 400. The number of aromatic nitrogens is 1. The lowest BCUT2D eigenvalue weighted by atomic mass is 9.81. The third-order valence-corrected chi connectivity index (χ3v) is 4.67. The van der Waals surface area contributed by atoms with Crippen molar-refractivity contribution < 1.29 is 4.92 Å². The zero-order valence-corrected chi connectivity index (χ0v) is 11.4. The van der Waals surface area contributed by atoms with E-state index in [1.807, 2.05) is 0 Å². The Balaban J connectivity index is 1.76. The summed E-state index contributed by atoms with van der Waals surface area (Å²) in [5.41, 5.74) is 0. The third kappa shape index (κ3) is 3.41. The molecule has 1 aliphatic rings. The van der Waals surface area contributed by atoms with Crippen LogP contribution in [0.25, 0.3) is 0 Å². The number of hydrogen-bond acceptors (Lipinski definition) is 5. The van der Waals surface area contributed by atoms with Gasteiger partial charge in [0.1, 0.15) is 6.20 Å². The second kappa shape index (κ2) is 6.13. The molecule has 5 nitrogen and oxygen atoms in total. The fraction of sp³-hybridized carbons (Fsp3) is 0.750. The van der Waals surface area contributed by atoms with E-state index >= 15 is 0 Å².